The van der Waals surface area contributed by atoms with Gasteiger partial charge in [0.25, 0.3) is 0 Å². The first-order valence-electron chi connectivity index (χ1n) is 5.64. The van der Waals surface area contributed by atoms with Crippen molar-refractivity contribution in [3.63, 3.8) is 0 Å². The summed E-state index contributed by atoms with van der Waals surface area (Å²) in [4.78, 5) is 4.35. The van der Waals surface area contributed by atoms with Crippen molar-refractivity contribution in [1.29, 1.82) is 0 Å². The molecule has 0 fully saturated rings. The second-order valence-electron chi connectivity index (χ2n) is 3.54. The highest BCUT2D eigenvalue weighted by Gasteiger charge is 1.98. The molecule has 2 aromatic rings. The average Bonchev–Trinajstić information content (AvgIpc) is 2.40. The molecule has 1 aromatic carbocycles. The molecule has 17 heavy (non-hydrogen) atoms. The van der Waals surface area contributed by atoms with Gasteiger partial charge in [0, 0.05) is 5.75 Å². The maximum Gasteiger partial charge on any atom is 0.137 e. The van der Waals surface area contributed by atoms with Crippen LogP contribution in [0.4, 0.5) is 0 Å². The van der Waals surface area contributed by atoms with Crippen molar-refractivity contribution in [2.75, 3.05) is 6.61 Å². The third-order valence-electron chi connectivity index (χ3n) is 2.25. The van der Waals surface area contributed by atoms with Gasteiger partial charge in [-0.05, 0) is 24.6 Å². The van der Waals surface area contributed by atoms with Gasteiger partial charge in [-0.1, -0.05) is 30.3 Å². The van der Waals surface area contributed by atoms with E-state index in [4.69, 9.17) is 4.74 Å². The Morgan fingerprint density at radius 3 is 2.59 bits per heavy atom. The highest BCUT2D eigenvalue weighted by Crippen LogP contribution is 2.22. The Balaban J connectivity index is 1.91. The predicted molar refractivity (Wildman–Crippen MR) is 71.4 cm³/mol. The molecule has 0 bridgehead atoms. The lowest BCUT2D eigenvalue weighted by molar-refractivity contribution is 0.338. The minimum atomic E-state index is 0.679. The Kier molecular flexibility index (Phi) is 4.45. The number of nitrogens with zero attached hydrogens (tertiary/aromatic N) is 1. The SMILES string of the molecule is CCOc1ccc(SCc2ccccc2)nc1. The van der Waals surface area contributed by atoms with Crippen LogP contribution in [-0.2, 0) is 5.75 Å². The van der Waals surface area contributed by atoms with E-state index in [0.29, 0.717) is 6.61 Å². The van der Waals surface area contributed by atoms with E-state index in [9.17, 15) is 0 Å². The number of benzene rings is 1. The molecule has 0 spiro atoms. The lowest BCUT2D eigenvalue weighted by Gasteiger charge is -2.04. The van der Waals surface area contributed by atoms with E-state index in [2.05, 4.69) is 29.2 Å². The summed E-state index contributed by atoms with van der Waals surface area (Å²) >= 11 is 1.73. The number of hydrogen-bond donors (Lipinski definition) is 0. The lowest BCUT2D eigenvalue weighted by atomic mass is 10.2. The fourth-order valence-corrected chi connectivity index (χ4v) is 2.23. The number of ether oxygens (including phenoxy) is 1. The van der Waals surface area contributed by atoms with Crippen LogP contribution < -0.4 is 4.74 Å². The Bertz CT molecular complexity index is 442. The van der Waals surface area contributed by atoms with Crippen LogP contribution in [0.2, 0.25) is 0 Å². The summed E-state index contributed by atoms with van der Waals surface area (Å²) < 4.78 is 5.35. The molecule has 0 N–H and O–H groups in total. The molecule has 0 aliphatic carbocycles. The van der Waals surface area contributed by atoms with Crippen LogP contribution in [0.25, 0.3) is 0 Å². The monoisotopic (exact) mass is 245 g/mol. The van der Waals surface area contributed by atoms with Crippen molar-refractivity contribution in [3.8, 4) is 5.75 Å². The van der Waals surface area contributed by atoms with Gasteiger partial charge in [0.1, 0.15) is 5.75 Å². The van der Waals surface area contributed by atoms with E-state index in [1.54, 1.807) is 18.0 Å². The largest absolute Gasteiger partial charge is 0.492 e. The molecular formula is C14H15NOS. The van der Waals surface area contributed by atoms with E-state index in [1.165, 1.54) is 5.56 Å². The van der Waals surface area contributed by atoms with Gasteiger partial charge in [0.15, 0.2) is 0 Å². The Hall–Kier alpha value is -1.48. The zero-order valence-electron chi connectivity index (χ0n) is 9.80. The van der Waals surface area contributed by atoms with E-state index in [1.807, 2.05) is 25.1 Å². The summed E-state index contributed by atoms with van der Waals surface area (Å²) in [5, 5.41) is 1.03. The molecule has 1 heterocycles. The molecule has 88 valence electrons. The maximum atomic E-state index is 5.35. The van der Waals surface area contributed by atoms with Gasteiger partial charge < -0.3 is 4.74 Å². The fourth-order valence-electron chi connectivity index (χ4n) is 1.44. The van der Waals surface area contributed by atoms with Crippen molar-refractivity contribution in [2.45, 2.75) is 17.7 Å². The normalized spacial score (nSPS) is 10.2. The topological polar surface area (TPSA) is 22.1 Å². The van der Waals surface area contributed by atoms with Crippen LogP contribution in [0.15, 0.2) is 53.7 Å². The zero-order chi connectivity index (χ0) is 11.9. The molecule has 0 saturated heterocycles. The molecule has 0 amide bonds. The fraction of sp³-hybridized carbons (Fsp3) is 0.214. The van der Waals surface area contributed by atoms with Crippen molar-refractivity contribution in [3.05, 3.63) is 54.2 Å². The Morgan fingerprint density at radius 2 is 1.94 bits per heavy atom. The molecule has 2 nitrogen and oxygen atoms in total. The van der Waals surface area contributed by atoms with Crippen LogP contribution in [0.3, 0.4) is 0 Å². The van der Waals surface area contributed by atoms with E-state index in [0.717, 1.165) is 16.5 Å². The van der Waals surface area contributed by atoms with Gasteiger partial charge in [0.2, 0.25) is 0 Å². The van der Waals surface area contributed by atoms with Crippen molar-refractivity contribution < 1.29 is 4.74 Å². The highest BCUT2D eigenvalue weighted by molar-refractivity contribution is 7.98. The van der Waals surface area contributed by atoms with Gasteiger partial charge in [-0.25, -0.2) is 4.98 Å². The number of pyridine rings is 1. The minimum Gasteiger partial charge on any atom is -0.492 e. The van der Waals surface area contributed by atoms with Gasteiger partial charge >= 0.3 is 0 Å². The van der Waals surface area contributed by atoms with E-state index in [-0.39, 0.29) is 0 Å². The van der Waals surface area contributed by atoms with Gasteiger partial charge in [0.05, 0.1) is 17.8 Å². The summed E-state index contributed by atoms with van der Waals surface area (Å²) in [5.74, 6) is 1.78. The maximum absolute atomic E-state index is 5.35. The molecule has 0 saturated carbocycles. The minimum absolute atomic E-state index is 0.679. The first kappa shape index (κ1) is 12.0. The standard InChI is InChI=1S/C14H15NOS/c1-2-16-13-8-9-14(15-10-13)17-11-12-6-4-3-5-7-12/h3-10H,2,11H2,1H3. The molecule has 0 aliphatic rings. The first-order valence-corrected chi connectivity index (χ1v) is 6.62. The Labute approximate surface area is 106 Å². The van der Waals surface area contributed by atoms with Crippen molar-refractivity contribution >= 4 is 11.8 Å². The number of aromatic nitrogens is 1. The molecule has 0 unspecified atom stereocenters. The van der Waals surface area contributed by atoms with Crippen LogP contribution in [0, 0.1) is 0 Å². The van der Waals surface area contributed by atoms with Gasteiger partial charge in [-0.2, -0.15) is 0 Å². The zero-order valence-corrected chi connectivity index (χ0v) is 10.6. The summed E-state index contributed by atoms with van der Waals surface area (Å²) in [6, 6.07) is 14.4. The lowest BCUT2D eigenvalue weighted by Crippen LogP contribution is -1.92. The van der Waals surface area contributed by atoms with Crippen LogP contribution in [0.1, 0.15) is 12.5 Å². The molecule has 1 aromatic heterocycles. The quantitative estimate of drug-likeness (QED) is 0.749. The third kappa shape index (κ3) is 3.79. The van der Waals surface area contributed by atoms with Gasteiger partial charge in [-0.3, -0.25) is 0 Å². The van der Waals surface area contributed by atoms with Crippen LogP contribution in [-0.4, -0.2) is 11.6 Å². The van der Waals surface area contributed by atoms with E-state index < -0.39 is 0 Å². The van der Waals surface area contributed by atoms with Crippen molar-refractivity contribution in [1.82, 2.24) is 4.98 Å². The van der Waals surface area contributed by atoms with E-state index >= 15 is 0 Å². The second-order valence-corrected chi connectivity index (χ2v) is 4.54. The molecule has 3 heteroatoms. The average molecular weight is 245 g/mol. The summed E-state index contributed by atoms with van der Waals surface area (Å²) in [6.07, 6.45) is 1.77. The summed E-state index contributed by atoms with van der Waals surface area (Å²) in [5.41, 5.74) is 1.31. The van der Waals surface area contributed by atoms with Crippen LogP contribution in [0.5, 0.6) is 5.75 Å². The van der Waals surface area contributed by atoms with Gasteiger partial charge in [-0.15, -0.1) is 11.8 Å². The molecular weight excluding hydrogens is 230 g/mol. The highest BCUT2D eigenvalue weighted by atomic mass is 32.2. The number of hydrogen-bond acceptors (Lipinski definition) is 3. The molecule has 0 atom stereocenters. The molecule has 0 radical (unpaired) electrons. The number of rotatable bonds is 5. The first-order chi connectivity index (χ1) is 8.38. The van der Waals surface area contributed by atoms with Crippen molar-refractivity contribution in [2.24, 2.45) is 0 Å². The number of thioether (sulfide) groups is 1. The van der Waals surface area contributed by atoms with Crippen LogP contribution >= 0.6 is 11.8 Å². The molecule has 0 aliphatic heterocycles. The molecule has 2 rings (SSSR count). The Morgan fingerprint density at radius 1 is 1.12 bits per heavy atom. The predicted octanol–water partition coefficient (Wildman–Crippen LogP) is 3.77. The summed E-state index contributed by atoms with van der Waals surface area (Å²) in [6.45, 7) is 2.65. The third-order valence-corrected chi connectivity index (χ3v) is 3.26. The smallest absolute Gasteiger partial charge is 0.137 e. The summed E-state index contributed by atoms with van der Waals surface area (Å²) in [7, 11) is 0. The second kappa shape index (κ2) is 6.30.